The van der Waals surface area contributed by atoms with Gasteiger partial charge in [-0.15, -0.1) is 0 Å². The predicted molar refractivity (Wildman–Crippen MR) is 582 cm³/mol. The Labute approximate surface area is 864 Å². The highest BCUT2D eigenvalue weighted by Gasteiger charge is 2.25. The molecule has 18 aromatic rings. The van der Waals surface area contributed by atoms with Crippen LogP contribution in [0.2, 0.25) is 5.02 Å². The summed E-state index contributed by atoms with van der Waals surface area (Å²) < 4.78 is 53.0. The van der Waals surface area contributed by atoms with Crippen molar-refractivity contribution in [2.75, 3.05) is 79.9 Å². The molecule has 134 heavy (non-hydrogen) atoms. The molecule has 18 rings (SSSR count). The van der Waals surface area contributed by atoms with Gasteiger partial charge in [-0.2, -0.15) is 0 Å². The van der Waals surface area contributed by atoms with Crippen LogP contribution in [0.25, 0.3) is 120 Å². The highest BCUT2D eigenvalue weighted by molar-refractivity contribution is 14.1. The second-order valence-electron chi connectivity index (χ2n) is 28.0. The molecule has 7 aromatic carbocycles. The number of pyridine rings is 7. The molecule has 32 nitrogen and oxygen atoms in total. The third-order valence-electron chi connectivity index (χ3n) is 19.6. The Morgan fingerprint density at radius 1 is 0.470 bits per heavy atom. The number of hydrogen-bond donors (Lipinski definition) is 4. The Bertz CT molecular complexity index is 7250. The van der Waals surface area contributed by atoms with Crippen molar-refractivity contribution < 1.29 is 39.6 Å². The maximum atomic E-state index is 11.9. The molecule has 11 aromatic heterocycles. The van der Waals surface area contributed by atoms with E-state index in [9.17, 15) is 29.8 Å². The van der Waals surface area contributed by atoms with Gasteiger partial charge in [-0.05, 0) is 186 Å². The lowest BCUT2D eigenvalue weighted by molar-refractivity contribution is -0.384. The largest absolute Gasteiger partial charge is 0.396 e. The van der Waals surface area contributed by atoms with Gasteiger partial charge in [0.05, 0.1) is 130 Å². The molecule has 708 valence electrons. The molecule has 0 aliphatic carbocycles. The number of anilines is 3. The molecule has 11 heterocycles. The van der Waals surface area contributed by atoms with E-state index in [0.29, 0.717) is 66.8 Å². The van der Waals surface area contributed by atoms with E-state index in [0.717, 1.165) is 152 Å². The number of fused-ring (bicyclic) bond motifs is 15. The topological polar surface area (TPSA) is 382 Å². The number of H-pyrrole nitrogens is 1. The number of nitrogen functional groups attached to an aromatic ring is 1. The number of imidazole rings is 4. The summed E-state index contributed by atoms with van der Waals surface area (Å²) in [5.41, 5.74) is 21.2. The number of benzene rings is 7. The van der Waals surface area contributed by atoms with E-state index in [4.69, 9.17) is 47.1 Å². The average Bonchev–Trinajstić information content (AvgIpc) is 1.61. The fourth-order valence-electron chi connectivity index (χ4n) is 13.6. The molecule has 0 radical (unpaired) electrons. The molecule has 5 N–H and O–H groups in total. The van der Waals surface area contributed by atoms with Crippen molar-refractivity contribution in [3.63, 3.8) is 0 Å². The number of nitrogens with zero attached hydrogens (tertiary/aromatic N) is 16. The minimum absolute atomic E-state index is 0.0203. The molecule has 0 saturated carbocycles. The lowest BCUT2D eigenvalue weighted by atomic mass is 10.1. The van der Waals surface area contributed by atoms with Gasteiger partial charge < -0.3 is 58.9 Å². The lowest BCUT2D eigenvalue weighted by Gasteiger charge is -2.27. The first kappa shape index (κ1) is 109. The second kappa shape index (κ2) is 53.0. The van der Waals surface area contributed by atoms with Crippen LogP contribution < -0.4 is 27.7 Å². The number of aromatic nitrogens is 15. The smallest absolute Gasteiger partial charge is 0.328 e. The number of nitrogens with one attached hydrogen (secondary N) is 3. The molecule has 0 aliphatic rings. The number of alkyl halides is 2. The van der Waals surface area contributed by atoms with Crippen molar-refractivity contribution in [2.45, 2.75) is 67.8 Å². The Balaban J connectivity index is 0.000000186. The molecule has 0 atom stereocenters. The quantitative estimate of drug-likeness (QED) is 0.0229. The second-order valence-corrected chi connectivity index (χ2v) is 34.8. The number of halogens is 10. The van der Waals surface area contributed by atoms with Crippen molar-refractivity contribution in [2.24, 2.45) is 35.2 Å². The van der Waals surface area contributed by atoms with Gasteiger partial charge in [0, 0.05) is 166 Å². The Kier molecular flexibility index (Phi) is 43.0. The number of aryl methyl sites for hydroxylation is 6. The average molecular weight is 2530 g/mol. The zero-order valence-corrected chi connectivity index (χ0v) is 91.9. The summed E-state index contributed by atoms with van der Waals surface area (Å²) in [5.74, 6) is 0.155. The van der Waals surface area contributed by atoms with Crippen LogP contribution in [0.15, 0.2) is 218 Å². The molecule has 0 saturated heterocycles. The first-order valence-electron chi connectivity index (χ1n) is 41.5. The van der Waals surface area contributed by atoms with Gasteiger partial charge in [-0.1, -0.05) is 168 Å². The molecule has 0 unspecified atom stereocenters. The number of hydrogen-bond acceptors (Lipinski definition) is 24. The zero-order chi connectivity index (χ0) is 99.2. The fourth-order valence-corrected chi connectivity index (χ4v) is 16.4. The summed E-state index contributed by atoms with van der Waals surface area (Å²) in [6, 6.07) is 40.5. The highest BCUT2D eigenvalue weighted by atomic mass is 127. The fraction of sp³-hybridized carbons (Fsp3) is 0.272. The van der Waals surface area contributed by atoms with Crippen LogP contribution in [-0.4, -0.2) is 159 Å². The van der Waals surface area contributed by atoms with E-state index >= 15 is 0 Å². The third kappa shape index (κ3) is 28.1. The molecular formula is C92H98Br7ClI2N20O12. The van der Waals surface area contributed by atoms with E-state index in [1.807, 2.05) is 211 Å². The van der Waals surface area contributed by atoms with Crippen LogP contribution >= 0.6 is 168 Å². The lowest BCUT2D eigenvalue weighted by Crippen LogP contribution is -2.35. The van der Waals surface area contributed by atoms with E-state index in [1.54, 1.807) is 91.7 Å². The van der Waals surface area contributed by atoms with Crippen LogP contribution in [-0.2, 0) is 63.7 Å². The zero-order valence-electron chi connectivity index (χ0n) is 76.7. The summed E-state index contributed by atoms with van der Waals surface area (Å²) in [6.07, 6.45) is 13.0. The Morgan fingerprint density at radius 3 is 1.26 bits per heavy atom. The molecule has 0 aliphatic heterocycles. The van der Waals surface area contributed by atoms with Crippen molar-refractivity contribution >= 4 is 317 Å². The van der Waals surface area contributed by atoms with Gasteiger partial charge in [0.25, 0.3) is 12.4 Å². The number of nitro groups is 2. The van der Waals surface area contributed by atoms with Crippen LogP contribution in [0.4, 0.5) is 28.4 Å². The SMILES string of the molecule is CCOC(C)(OCC)OCC.CCOC(OCC)OCC.CI.CNc1c(N)cnc2ccc(Br)cc12.CNc1c([N+](=O)[O-])cnc2ccc(Br)cc12.Cc1nc2cnc3ccc(Br)cc3c2n1C.Cn1c(=O)[nH]c2cnc3ccc(Br)cc3c21.Cn1c(=O)n(C)c2c3cc(Br)ccc3ncc21.Cn1cnc2cnc3ccc(Br)cc3c21.O=[N+]([O-])c1cnc2ccc(Br)cc2c1Cl.[2H]CI. The molecule has 0 amide bonds. The van der Waals surface area contributed by atoms with Crippen molar-refractivity contribution in [1.29, 1.82) is 0 Å². The molecule has 0 spiro atoms. The first-order valence-corrected chi connectivity index (χ1v) is 50.4. The minimum Gasteiger partial charge on any atom is -0.396 e. The Hall–Kier alpha value is -9.04. The van der Waals surface area contributed by atoms with E-state index in [2.05, 4.69) is 211 Å². The predicted octanol–water partition coefficient (Wildman–Crippen LogP) is 24.8. The van der Waals surface area contributed by atoms with Crippen LogP contribution in [0, 0.1) is 27.2 Å². The van der Waals surface area contributed by atoms with E-state index in [1.165, 1.54) is 12.4 Å². The standard InChI is InChI=1S/C12H10BrN3O.C12H10BrN3.C11H8BrN3O.C11H8BrN3.C10H8BrN3O2.C10H10BrN3.C9H4BrClN2O2.C8H18O3.C7H16O3.2CH3I/c1-15-10-6-14-9-4-3-7(13)5-8(9)11(10)16(2)12(15)17;1-7-15-11-6-14-10-4-3-8(13)5-9(10)12(11)16(7)2;1-15-10-7-4-6(12)2-3-8(7)13-5-9(10)14-11(15)16;1-15-6-14-10-5-13-9-3-2-7(12)4-8(9)11(10)15;1-12-10-7-4-6(11)2-3-8(7)13-5-9(10)14(15)16;1-13-10-7-4-6(11)2-3-9(7)14-5-8(10)12;10-5-1-2-7-6(3-5)9(11)8(4-12-7)13(14)15;1-5-9-8(4,10-6-2)11-7-3;1-4-8-7(9-5-2)10-6-3;2*1-2/h3-6H,1-2H3;3-6H,1-2H3;2-5H,1H3,(H,14,16);2-6H,1H3;2-5H,1H3,(H,12,13);2-5H,12H2,1H3,(H,13,14);1-4H;5-7H2,1-4H3;7H,4-6H2,1-3H3;2*1H3/i;;;;;;;;;1D;. The maximum Gasteiger partial charge on any atom is 0.328 e. The van der Waals surface area contributed by atoms with Gasteiger partial charge in [-0.3, -0.25) is 58.8 Å². The van der Waals surface area contributed by atoms with Crippen molar-refractivity contribution in [3.05, 3.63) is 260 Å². The number of ether oxygens (including phenoxy) is 6. The van der Waals surface area contributed by atoms with Crippen LogP contribution in [0.1, 0.15) is 55.7 Å². The highest BCUT2D eigenvalue weighted by Crippen LogP contribution is 2.37. The van der Waals surface area contributed by atoms with Gasteiger partial charge in [0.2, 0.25) is 0 Å². The first-order chi connectivity index (χ1) is 64.6. The summed E-state index contributed by atoms with van der Waals surface area (Å²) in [4.78, 5) is 87.6. The number of rotatable bonds is 16. The van der Waals surface area contributed by atoms with Gasteiger partial charge in [-0.25, -0.2) is 29.5 Å². The monoisotopic (exact) mass is 2520 g/mol. The number of nitrogens with two attached hydrogens (primary N) is 1. The summed E-state index contributed by atoms with van der Waals surface area (Å²) in [6.45, 7) is 18.4. The summed E-state index contributed by atoms with van der Waals surface area (Å²) in [7, 11) is 12.8. The third-order valence-corrected chi connectivity index (χ3v) is 23.4. The normalized spacial score (nSPS) is 10.9. The molecule has 0 bridgehead atoms. The van der Waals surface area contributed by atoms with Crippen molar-refractivity contribution in [3.8, 4) is 0 Å². The summed E-state index contributed by atoms with van der Waals surface area (Å²) in [5, 5.41) is 34.0. The van der Waals surface area contributed by atoms with Gasteiger partial charge in [0.1, 0.15) is 40.0 Å². The van der Waals surface area contributed by atoms with Gasteiger partial charge >= 0.3 is 22.8 Å². The summed E-state index contributed by atoms with van der Waals surface area (Å²) >= 11 is 33.9. The molecule has 0 fully saturated rings. The number of aromatic amines is 1. The van der Waals surface area contributed by atoms with E-state index < -0.39 is 22.3 Å². The minimum atomic E-state index is -0.849. The van der Waals surface area contributed by atoms with Crippen LogP contribution in [0.5, 0.6) is 0 Å². The maximum absolute atomic E-state index is 11.9. The van der Waals surface area contributed by atoms with E-state index in [-0.39, 0.29) is 27.8 Å². The Morgan fingerprint density at radius 2 is 0.828 bits per heavy atom. The van der Waals surface area contributed by atoms with Gasteiger partial charge in [0.15, 0.2) is 0 Å². The van der Waals surface area contributed by atoms with Crippen molar-refractivity contribution in [1.82, 2.24) is 72.7 Å². The van der Waals surface area contributed by atoms with Crippen LogP contribution in [0.3, 0.4) is 0 Å². The molecule has 42 heteroatoms. The molecular weight excluding hydrogens is 2430 g/mol.